The molecule has 1 aromatic rings. The second kappa shape index (κ2) is 6.66. The lowest BCUT2D eigenvalue weighted by molar-refractivity contribution is 0.165. The highest BCUT2D eigenvalue weighted by Gasteiger charge is 2.18. The van der Waals surface area contributed by atoms with Crippen LogP contribution in [0.5, 0.6) is 17.2 Å². The van der Waals surface area contributed by atoms with Crippen LogP contribution >= 0.6 is 0 Å². The monoisotopic (exact) mass is 265 g/mol. The lowest BCUT2D eigenvalue weighted by Crippen LogP contribution is -2.25. The third kappa shape index (κ3) is 3.53. The van der Waals surface area contributed by atoms with Crippen LogP contribution in [0.1, 0.15) is 32.3 Å². The van der Waals surface area contributed by atoms with E-state index in [1.165, 1.54) is 12.8 Å². The molecule has 1 unspecified atom stereocenters. The van der Waals surface area contributed by atoms with Gasteiger partial charge in [-0.15, -0.1) is 0 Å². The molecule has 106 valence electrons. The van der Waals surface area contributed by atoms with E-state index in [1.54, 1.807) is 7.11 Å². The van der Waals surface area contributed by atoms with Gasteiger partial charge in [-0.2, -0.15) is 0 Å². The maximum absolute atomic E-state index is 5.63. The Kier molecular flexibility index (Phi) is 4.91. The molecule has 0 radical (unpaired) electrons. The second-order valence-corrected chi connectivity index (χ2v) is 4.89. The molecule has 2 rings (SSSR count). The maximum atomic E-state index is 5.63. The topological polar surface area (TPSA) is 39.7 Å². The van der Waals surface area contributed by atoms with Crippen molar-refractivity contribution < 1.29 is 14.2 Å². The zero-order valence-electron chi connectivity index (χ0n) is 12.0. The van der Waals surface area contributed by atoms with Crippen molar-refractivity contribution >= 4 is 0 Å². The number of methoxy groups -OCH3 is 1. The molecule has 0 fully saturated rings. The summed E-state index contributed by atoms with van der Waals surface area (Å²) in [7, 11) is 1.66. The van der Waals surface area contributed by atoms with Crippen molar-refractivity contribution in [3.63, 3.8) is 0 Å². The van der Waals surface area contributed by atoms with Crippen LogP contribution in [-0.4, -0.2) is 26.4 Å². The van der Waals surface area contributed by atoms with Crippen LogP contribution in [0.4, 0.5) is 0 Å². The van der Waals surface area contributed by atoms with E-state index in [1.807, 2.05) is 12.1 Å². The van der Waals surface area contributed by atoms with E-state index in [4.69, 9.17) is 14.2 Å². The summed E-state index contributed by atoms with van der Waals surface area (Å²) in [5, 5.41) is 3.51. The predicted molar refractivity (Wildman–Crippen MR) is 75.2 cm³/mol. The van der Waals surface area contributed by atoms with E-state index in [2.05, 4.69) is 19.2 Å². The van der Waals surface area contributed by atoms with E-state index in [0.717, 1.165) is 29.4 Å². The van der Waals surface area contributed by atoms with Crippen LogP contribution in [0.15, 0.2) is 12.1 Å². The summed E-state index contributed by atoms with van der Waals surface area (Å²) in [6.07, 6.45) is 2.38. The van der Waals surface area contributed by atoms with Gasteiger partial charge in [-0.3, -0.25) is 0 Å². The largest absolute Gasteiger partial charge is 0.493 e. The third-order valence-corrected chi connectivity index (χ3v) is 3.26. The van der Waals surface area contributed by atoms with Gasteiger partial charge in [-0.25, -0.2) is 0 Å². The number of fused-ring (bicyclic) bond motifs is 1. The van der Waals surface area contributed by atoms with Gasteiger partial charge in [0.05, 0.1) is 7.11 Å². The first-order valence-corrected chi connectivity index (χ1v) is 6.94. The molecule has 4 heteroatoms. The zero-order valence-corrected chi connectivity index (χ0v) is 12.0. The molecule has 1 aromatic carbocycles. The van der Waals surface area contributed by atoms with Gasteiger partial charge in [0.2, 0.25) is 5.75 Å². The SMILES string of the molecule is CCCC(C)NCc1cc(OC)c2c(c1)OCCO2. The number of hydrogen-bond acceptors (Lipinski definition) is 4. The fourth-order valence-corrected chi connectivity index (χ4v) is 2.26. The summed E-state index contributed by atoms with van der Waals surface area (Å²) < 4.78 is 16.6. The van der Waals surface area contributed by atoms with Gasteiger partial charge in [0.1, 0.15) is 13.2 Å². The van der Waals surface area contributed by atoms with Gasteiger partial charge in [0.25, 0.3) is 0 Å². The Labute approximate surface area is 115 Å². The molecular weight excluding hydrogens is 242 g/mol. The molecule has 19 heavy (non-hydrogen) atoms. The summed E-state index contributed by atoms with van der Waals surface area (Å²) in [6.45, 7) is 6.39. The smallest absolute Gasteiger partial charge is 0.203 e. The number of ether oxygens (including phenoxy) is 3. The molecule has 0 saturated carbocycles. The average Bonchev–Trinajstić information content (AvgIpc) is 2.44. The normalized spacial score (nSPS) is 15.1. The van der Waals surface area contributed by atoms with Crippen LogP contribution in [0, 0.1) is 0 Å². The number of rotatable bonds is 6. The maximum Gasteiger partial charge on any atom is 0.203 e. The van der Waals surface area contributed by atoms with Crippen molar-refractivity contribution in [1.82, 2.24) is 5.32 Å². The molecule has 1 N–H and O–H groups in total. The van der Waals surface area contributed by atoms with Crippen LogP contribution in [-0.2, 0) is 6.54 Å². The lowest BCUT2D eigenvalue weighted by atomic mass is 10.1. The van der Waals surface area contributed by atoms with Crippen LogP contribution in [0.3, 0.4) is 0 Å². The van der Waals surface area contributed by atoms with Crippen molar-refractivity contribution in [3.8, 4) is 17.2 Å². The van der Waals surface area contributed by atoms with Gasteiger partial charge in [-0.1, -0.05) is 13.3 Å². The molecule has 0 aromatic heterocycles. The Balaban J connectivity index is 2.09. The first-order chi connectivity index (χ1) is 9.24. The standard InChI is InChI=1S/C15H23NO3/c1-4-5-11(2)16-10-12-8-13(17-3)15-14(9-12)18-6-7-19-15/h8-9,11,16H,4-7,10H2,1-3H3. The Morgan fingerprint density at radius 1 is 1.32 bits per heavy atom. The Morgan fingerprint density at radius 2 is 2.11 bits per heavy atom. The van der Waals surface area contributed by atoms with Crippen molar-refractivity contribution in [2.75, 3.05) is 20.3 Å². The molecule has 1 atom stereocenters. The van der Waals surface area contributed by atoms with Gasteiger partial charge in [0.15, 0.2) is 11.5 Å². The quantitative estimate of drug-likeness (QED) is 0.858. The Bertz CT molecular complexity index is 403. The van der Waals surface area contributed by atoms with Gasteiger partial charge in [0, 0.05) is 12.6 Å². The fraction of sp³-hybridized carbons (Fsp3) is 0.600. The number of nitrogens with one attached hydrogen (secondary N) is 1. The highest BCUT2D eigenvalue weighted by Crippen LogP contribution is 2.40. The Hall–Kier alpha value is -1.42. The van der Waals surface area contributed by atoms with E-state index in [0.29, 0.717) is 19.3 Å². The number of benzene rings is 1. The summed E-state index contributed by atoms with van der Waals surface area (Å²) in [4.78, 5) is 0. The van der Waals surface area contributed by atoms with E-state index in [-0.39, 0.29) is 0 Å². The number of hydrogen-bond donors (Lipinski definition) is 1. The highest BCUT2D eigenvalue weighted by molar-refractivity contribution is 5.54. The van der Waals surface area contributed by atoms with Crippen LogP contribution in [0.2, 0.25) is 0 Å². The molecule has 1 aliphatic rings. The minimum Gasteiger partial charge on any atom is -0.493 e. The van der Waals surface area contributed by atoms with Gasteiger partial charge >= 0.3 is 0 Å². The molecule has 4 nitrogen and oxygen atoms in total. The fourth-order valence-electron chi connectivity index (χ4n) is 2.26. The van der Waals surface area contributed by atoms with Crippen molar-refractivity contribution in [2.24, 2.45) is 0 Å². The van der Waals surface area contributed by atoms with Gasteiger partial charge in [-0.05, 0) is 31.0 Å². The molecule has 0 spiro atoms. The molecule has 1 heterocycles. The van der Waals surface area contributed by atoms with Crippen LogP contribution < -0.4 is 19.5 Å². The first-order valence-electron chi connectivity index (χ1n) is 6.94. The first kappa shape index (κ1) is 14.0. The van der Waals surface area contributed by atoms with Crippen molar-refractivity contribution in [2.45, 2.75) is 39.3 Å². The summed E-state index contributed by atoms with van der Waals surface area (Å²) in [5.74, 6) is 2.25. The van der Waals surface area contributed by atoms with Crippen molar-refractivity contribution in [1.29, 1.82) is 0 Å². The van der Waals surface area contributed by atoms with E-state index in [9.17, 15) is 0 Å². The molecule has 1 aliphatic heterocycles. The highest BCUT2D eigenvalue weighted by atomic mass is 16.6. The second-order valence-electron chi connectivity index (χ2n) is 4.89. The molecule has 0 bridgehead atoms. The average molecular weight is 265 g/mol. The molecular formula is C15H23NO3. The van der Waals surface area contributed by atoms with Crippen LogP contribution in [0.25, 0.3) is 0 Å². The summed E-state index contributed by atoms with van der Waals surface area (Å²) in [6, 6.07) is 4.56. The van der Waals surface area contributed by atoms with E-state index < -0.39 is 0 Å². The third-order valence-electron chi connectivity index (χ3n) is 3.26. The molecule has 0 amide bonds. The lowest BCUT2D eigenvalue weighted by Gasteiger charge is -2.22. The van der Waals surface area contributed by atoms with E-state index >= 15 is 0 Å². The predicted octanol–water partition coefficient (Wildman–Crippen LogP) is 2.74. The molecule has 0 saturated heterocycles. The Morgan fingerprint density at radius 3 is 2.84 bits per heavy atom. The van der Waals surface area contributed by atoms with Crippen molar-refractivity contribution in [3.05, 3.63) is 17.7 Å². The summed E-state index contributed by atoms with van der Waals surface area (Å²) in [5.41, 5.74) is 1.16. The van der Waals surface area contributed by atoms with Gasteiger partial charge < -0.3 is 19.5 Å². The zero-order chi connectivity index (χ0) is 13.7. The minimum atomic E-state index is 0.518. The molecule has 0 aliphatic carbocycles. The summed E-state index contributed by atoms with van der Waals surface area (Å²) >= 11 is 0. The minimum absolute atomic E-state index is 0.518.